The van der Waals surface area contributed by atoms with Gasteiger partial charge in [0.15, 0.2) is 6.23 Å². The number of carbonyl (C=O) groups excluding carboxylic acids is 1. The van der Waals surface area contributed by atoms with Crippen LogP contribution in [0.4, 0.5) is 0 Å². The predicted molar refractivity (Wildman–Crippen MR) is 49.3 cm³/mol. The van der Waals surface area contributed by atoms with Crippen LogP contribution < -0.4 is 0 Å². The molecule has 1 rings (SSSR count). The first-order valence-corrected chi connectivity index (χ1v) is 4.71. The Bertz CT molecular complexity index is 208. The van der Waals surface area contributed by atoms with Gasteiger partial charge in [-0.1, -0.05) is 6.92 Å². The van der Waals surface area contributed by atoms with Crippen molar-refractivity contribution in [1.29, 1.82) is 0 Å². The molecule has 4 nitrogen and oxygen atoms in total. The summed E-state index contributed by atoms with van der Waals surface area (Å²) in [4.78, 5) is 10.8. The molecule has 4 heteroatoms. The summed E-state index contributed by atoms with van der Waals surface area (Å²) in [6, 6.07) is 0.310. The van der Waals surface area contributed by atoms with Crippen LogP contribution in [0.2, 0.25) is 0 Å². The highest BCUT2D eigenvalue weighted by atomic mass is 16.3. The largest absolute Gasteiger partial charge is 0.368 e. The molecule has 1 fully saturated rings. The molecule has 0 aliphatic carbocycles. The second kappa shape index (κ2) is 3.27. The van der Waals surface area contributed by atoms with Gasteiger partial charge in [0, 0.05) is 0 Å². The topological polar surface area (TPSA) is 40.5 Å². The van der Waals surface area contributed by atoms with Gasteiger partial charge in [0.25, 0.3) is 6.41 Å². The molecule has 1 amide bonds. The lowest BCUT2D eigenvalue weighted by molar-refractivity contribution is -1.01. The molecular formula is C9H19N2O2+. The molecule has 0 radical (unpaired) electrons. The Balaban J connectivity index is 2.93. The van der Waals surface area contributed by atoms with Gasteiger partial charge in [0.05, 0.1) is 13.0 Å². The number of hydrogen-bond donors (Lipinski definition) is 1. The number of quaternary nitrogens is 1. The molecule has 1 aliphatic heterocycles. The Hall–Kier alpha value is -0.610. The van der Waals surface area contributed by atoms with Crippen LogP contribution in [0.25, 0.3) is 0 Å². The number of aliphatic hydroxyl groups excluding tert-OH is 1. The summed E-state index contributed by atoms with van der Waals surface area (Å²) in [6.45, 7) is 6.90. The summed E-state index contributed by atoms with van der Waals surface area (Å²) in [6.07, 6.45) is 0.110. The monoisotopic (exact) mass is 187 g/mol. The van der Waals surface area contributed by atoms with E-state index < -0.39 is 6.23 Å². The van der Waals surface area contributed by atoms with Crippen molar-refractivity contribution in [2.24, 2.45) is 5.92 Å². The maximum Gasteiger partial charge on any atom is 0.258 e. The summed E-state index contributed by atoms with van der Waals surface area (Å²) in [5.41, 5.74) is 0. The summed E-state index contributed by atoms with van der Waals surface area (Å²) >= 11 is 0. The number of nitrogens with zero attached hydrogens (tertiary/aromatic N) is 2. The fraction of sp³-hybridized carbons (Fsp3) is 0.889. The molecule has 13 heavy (non-hydrogen) atoms. The maximum absolute atomic E-state index is 10.8. The quantitative estimate of drug-likeness (QED) is 0.495. The van der Waals surface area contributed by atoms with Gasteiger partial charge in [-0.05, 0) is 13.8 Å². The van der Waals surface area contributed by atoms with Crippen LogP contribution in [-0.4, -0.2) is 47.0 Å². The SMILES string of the molecule is CC(C)[N@+]1(C)C[C@@H](C)[C@H](O)N1C=O. The van der Waals surface area contributed by atoms with Crippen LogP contribution in [0, 0.1) is 5.92 Å². The van der Waals surface area contributed by atoms with Gasteiger partial charge in [0.1, 0.15) is 12.6 Å². The summed E-state index contributed by atoms with van der Waals surface area (Å²) in [5.74, 6) is 0.151. The van der Waals surface area contributed by atoms with Crippen molar-refractivity contribution in [3.05, 3.63) is 0 Å². The smallest absolute Gasteiger partial charge is 0.258 e. The fourth-order valence-corrected chi connectivity index (χ4v) is 1.95. The number of amides is 1. The van der Waals surface area contributed by atoms with Gasteiger partial charge in [-0.25, -0.2) is 4.59 Å². The molecule has 3 atom stereocenters. The summed E-state index contributed by atoms with van der Waals surface area (Å²) in [7, 11) is 1.98. The van der Waals surface area contributed by atoms with E-state index in [4.69, 9.17) is 0 Å². The zero-order chi connectivity index (χ0) is 10.2. The van der Waals surface area contributed by atoms with Gasteiger partial charge in [-0.15, -0.1) is 0 Å². The van der Waals surface area contributed by atoms with Crippen molar-refractivity contribution >= 4 is 6.41 Å². The Kier molecular flexibility index (Phi) is 2.63. The van der Waals surface area contributed by atoms with Gasteiger partial charge < -0.3 is 5.11 Å². The average molecular weight is 187 g/mol. The van der Waals surface area contributed by atoms with Crippen LogP contribution in [-0.2, 0) is 4.79 Å². The van der Waals surface area contributed by atoms with Crippen molar-refractivity contribution in [2.75, 3.05) is 13.6 Å². The second-order valence-electron chi connectivity index (χ2n) is 4.37. The minimum absolute atomic E-state index is 0.151. The summed E-state index contributed by atoms with van der Waals surface area (Å²) in [5, 5.41) is 11.2. The van der Waals surface area contributed by atoms with E-state index in [0.717, 1.165) is 13.0 Å². The van der Waals surface area contributed by atoms with E-state index in [0.29, 0.717) is 10.6 Å². The highest BCUT2D eigenvalue weighted by molar-refractivity contribution is 5.45. The lowest BCUT2D eigenvalue weighted by Crippen LogP contribution is -2.58. The van der Waals surface area contributed by atoms with Crippen molar-refractivity contribution in [1.82, 2.24) is 5.01 Å². The van der Waals surface area contributed by atoms with Crippen LogP contribution in [0.3, 0.4) is 0 Å². The summed E-state index contributed by atoms with van der Waals surface area (Å²) < 4.78 is 0.506. The lowest BCUT2D eigenvalue weighted by Gasteiger charge is -2.38. The molecule has 0 saturated carbocycles. The first kappa shape index (κ1) is 10.5. The first-order chi connectivity index (χ1) is 5.93. The van der Waals surface area contributed by atoms with Crippen LogP contribution in [0.15, 0.2) is 0 Å². The second-order valence-corrected chi connectivity index (χ2v) is 4.37. The van der Waals surface area contributed by atoms with Crippen molar-refractivity contribution in [3.63, 3.8) is 0 Å². The third-order valence-corrected chi connectivity index (χ3v) is 3.19. The van der Waals surface area contributed by atoms with Gasteiger partial charge in [-0.3, -0.25) is 4.79 Å². The minimum atomic E-state index is -0.634. The third kappa shape index (κ3) is 1.44. The molecule has 1 N–H and O–H groups in total. The Morgan fingerprint density at radius 1 is 1.62 bits per heavy atom. The van der Waals surface area contributed by atoms with Gasteiger partial charge >= 0.3 is 0 Å². The highest BCUT2D eigenvalue weighted by Gasteiger charge is 2.48. The molecule has 0 spiro atoms. The van der Waals surface area contributed by atoms with Crippen LogP contribution in [0.5, 0.6) is 0 Å². The van der Waals surface area contributed by atoms with E-state index in [1.54, 1.807) is 0 Å². The van der Waals surface area contributed by atoms with E-state index >= 15 is 0 Å². The number of hydrogen-bond acceptors (Lipinski definition) is 2. The van der Waals surface area contributed by atoms with E-state index in [-0.39, 0.29) is 5.92 Å². The molecule has 1 heterocycles. The number of rotatable bonds is 2. The van der Waals surface area contributed by atoms with Gasteiger partial charge in [0.2, 0.25) is 0 Å². The van der Waals surface area contributed by atoms with E-state index in [1.807, 2.05) is 14.0 Å². The predicted octanol–water partition coefficient (Wildman–Crippen LogP) is 0.183. The molecular weight excluding hydrogens is 168 g/mol. The van der Waals surface area contributed by atoms with Gasteiger partial charge in [-0.2, -0.15) is 5.01 Å². The van der Waals surface area contributed by atoms with Crippen LogP contribution in [0.1, 0.15) is 20.8 Å². The molecule has 76 valence electrons. The minimum Gasteiger partial charge on any atom is -0.368 e. The average Bonchev–Trinajstić information content (AvgIpc) is 2.25. The lowest BCUT2D eigenvalue weighted by atomic mass is 10.1. The van der Waals surface area contributed by atoms with Crippen molar-refractivity contribution in [3.8, 4) is 0 Å². The standard InChI is InChI=1S/C9H19N2O2/c1-7(2)11(4)5-8(3)9(13)10(11)6-12/h6-9,13H,5H2,1-4H3/q+1/t8-,9+,11+/m1/s1. The van der Waals surface area contributed by atoms with E-state index in [9.17, 15) is 9.90 Å². The van der Waals surface area contributed by atoms with Crippen LogP contribution >= 0.6 is 0 Å². The molecule has 1 saturated heterocycles. The first-order valence-electron chi connectivity index (χ1n) is 4.71. The molecule has 0 aromatic rings. The Morgan fingerprint density at radius 3 is 2.46 bits per heavy atom. The number of aliphatic hydroxyl groups is 1. The zero-order valence-electron chi connectivity index (χ0n) is 8.77. The van der Waals surface area contributed by atoms with E-state index in [1.165, 1.54) is 5.01 Å². The van der Waals surface area contributed by atoms with E-state index in [2.05, 4.69) is 13.8 Å². The molecule has 0 aromatic carbocycles. The zero-order valence-corrected chi connectivity index (χ0v) is 8.77. The molecule has 0 unspecified atom stereocenters. The Morgan fingerprint density at radius 2 is 2.15 bits per heavy atom. The Labute approximate surface area is 79.3 Å². The normalized spacial score (nSPS) is 40.0. The van der Waals surface area contributed by atoms with Crippen molar-refractivity contribution < 1.29 is 14.5 Å². The van der Waals surface area contributed by atoms with Crippen molar-refractivity contribution in [2.45, 2.75) is 33.0 Å². The molecule has 0 aromatic heterocycles. The third-order valence-electron chi connectivity index (χ3n) is 3.19. The fourth-order valence-electron chi connectivity index (χ4n) is 1.95. The number of carbonyl (C=O) groups is 1. The molecule has 0 bridgehead atoms. The molecule has 1 aliphatic rings. The highest BCUT2D eigenvalue weighted by Crippen LogP contribution is 2.29. The maximum atomic E-state index is 10.8.